The standard InChI is InChI=1S/C18H22N4O3/c1-11(10-23)17-12(8-22-9-15(5-19-22)18(24)25)2-3-16(20-17)21-6-13-4-14(13)7-21/h2-3,5,9,11,13-14,23H,4,6-8,10H2,1H3,(H,24,25). The third-order valence-corrected chi connectivity index (χ3v) is 5.25. The molecule has 1 aliphatic heterocycles. The van der Waals surface area contributed by atoms with Gasteiger partial charge in [0.1, 0.15) is 5.82 Å². The maximum absolute atomic E-state index is 11.0. The molecule has 3 atom stereocenters. The van der Waals surface area contributed by atoms with Gasteiger partial charge in [-0.25, -0.2) is 9.78 Å². The highest BCUT2D eigenvalue weighted by molar-refractivity contribution is 5.86. The lowest BCUT2D eigenvalue weighted by Crippen LogP contribution is -2.24. The van der Waals surface area contributed by atoms with Crippen molar-refractivity contribution in [3.63, 3.8) is 0 Å². The monoisotopic (exact) mass is 342 g/mol. The summed E-state index contributed by atoms with van der Waals surface area (Å²) in [6, 6.07) is 4.05. The third kappa shape index (κ3) is 3.11. The molecule has 3 heterocycles. The first kappa shape index (κ1) is 16.1. The first-order valence-electron chi connectivity index (χ1n) is 8.66. The number of pyridine rings is 1. The fourth-order valence-electron chi connectivity index (χ4n) is 3.64. The van der Waals surface area contributed by atoms with Crippen LogP contribution >= 0.6 is 0 Å². The summed E-state index contributed by atoms with van der Waals surface area (Å²) in [4.78, 5) is 18.2. The van der Waals surface area contributed by atoms with Crippen molar-refractivity contribution < 1.29 is 15.0 Å². The summed E-state index contributed by atoms with van der Waals surface area (Å²) in [6.07, 6.45) is 4.20. The van der Waals surface area contributed by atoms with Crippen LogP contribution in [0.2, 0.25) is 0 Å². The van der Waals surface area contributed by atoms with Crippen molar-refractivity contribution in [2.24, 2.45) is 11.8 Å². The molecule has 2 aliphatic rings. The van der Waals surface area contributed by atoms with Gasteiger partial charge in [0.05, 0.1) is 30.6 Å². The molecule has 132 valence electrons. The van der Waals surface area contributed by atoms with Crippen LogP contribution in [0.25, 0.3) is 0 Å². The second-order valence-corrected chi connectivity index (χ2v) is 7.19. The first-order chi connectivity index (χ1) is 12.0. The summed E-state index contributed by atoms with van der Waals surface area (Å²) in [5, 5.41) is 22.7. The Morgan fingerprint density at radius 2 is 2.12 bits per heavy atom. The summed E-state index contributed by atoms with van der Waals surface area (Å²) < 4.78 is 1.60. The number of anilines is 1. The molecule has 1 saturated heterocycles. The number of aliphatic hydroxyl groups excluding tert-OH is 1. The topological polar surface area (TPSA) is 91.5 Å². The smallest absolute Gasteiger partial charge is 0.338 e. The van der Waals surface area contributed by atoms with E-state index in [1.165, 1.54) is 18.8 Å². The molecule has 2 aromatic heterocycles. The van der Waals surface area contributed by atoms with Crippen LogP contribution in [-0.2, 0) is 6.54 Å². The molecule has 2 aromatic rings. The van der Waals surface area contributed by atoms with Crippen molar-refractivity contribution in [3.8, 4) is 0 Å². The molecular formula is C18H22N4O3. The second kappa shape index (κ2) is 6.15. The van der Waals surface area contributed by atoms with Gasteiger partial charge in [0.2, 0.25) is 0 Å². The summed E-state index contributed by atoms with van der Waals surface area (Å²) >= 11 is 0. The molecule has 7 nitrogen and oxygen atoms in total. The van der Waals surface area contributed by atoms with Gasteiger partial charge >= 0.3 is 5.97 Å². The van der Waals surface area contributed by atoms with Crippen LogP contribution in [0.4, 0.5) is 5.82 Å². The number of hydrogen-bond donors (Lipinski definition) is 2. The predicted octanol–water partition coefficient (Wildman–Crippen LogP) is 1.58. The number of carboxylic acid groups (broad SMARTS) is 1. The Balaban J connectivity index is 1.60. The van der Waals surface area contributed by atoms with Gasteiger partial charge in [0.25, 0.3) is 0 Å². The Morgan fingerprint density at radius 3 is 2.76 bits per heavy atom. The molecule has 0 bridgehead atoms. The Bertz CT molecular complexity index is 793. The van der Waals surface area contributed by atoms with Crippen molar-refractivity contribution in [2.45, 2.75) is 25.8 Å². The minimum Gasteiger partial charge on any atom is -0.478 e. The van der Waals surface area contributed by atoms with Gasteiger partial charge in [-0.05, 0) is 29.9 Å². The van der Waals surface area contributed by atoms with E-state index < -0.39 is 5.97 Å². The number of piperidine rings is 1. The quantitative estimate of drug-likeness (QED) is 0.828. The van der Waals surface area contributed by atoms with Crippen LogP contribution in [0.5, 0.6) is 0 Å². The van der Waals surface area contributed by atoms with E-state index in [4.69, 9.17) is 10.1 Å². The largest absolute Gasteiger partial charge is 0.478 e. The molecule has 4 rings (SSSR count). The van der Waals surface area contributed by atoms with E-state index in [2.05, 4.69) is 10.00 Å². The molecule has 2 fully saturated rings. The van der Waals surface area contributed by atoms with Gasteiger partial charge in [-0.2, -0.15) is 5.10 Å². The van der Waals surface area contributed by atoms with Crippen LogP contribution in [0.3, 0.4) is 0 Å². The average Bonchev–Trinajstić information content (AvgIpc) is 3.00. The molecular weight excluding hydrogens is 320 g/mol. The van der Waals surface area contributed by atoms with Gasteiger partial charge in [-0.3, -0.25) is 4.68 Å². The number of nitrogens with zero attached hydrogens (tertiary/aromatic N) is 4. The second-order valence-electron chi connectivity index (χ2n) is 7.19. The van der Waals surface area contributed by atoms with E-state index in [-0.39, 0.29) is 18.1 Å². The Labute approximate surface area is 145 Å². The Morgan fingerprint density at radius 1 is 1.36 bits per heavy atom. The van der Waals surface area contributed by atoms with E-state index in [1.54, 1.807) is 4.68 Å². The lowest BCUT2D eigenvalue weighted by molar-refractivity contribution is 0.0696. The maximum Gasteiger partial charge on any atom is 0.338 e. The van der Waals surface area contributed by atoms with Crippen molar-refractivity contribution in [3.05, 3.63) is 41.3 Å². The summed E-state index contributed by atoms with van der Waals surface area (Å²) in [6.45, 7) is 4.55. The van der Waals surface area contributed by atoms with Crippen molar-refractivity contribution in [1.29, 1.82) is 0 Å². The lowest BCUT2D eigenvalue weighted by atomic mass is 10.0. The number of aromatic nitrogens is 3. The zero-order valence-electron chi connectivity index (χ0n) is 14.2. The summed E-state index contributed by atoms with van der Waals surface area (Å²) in [5.74, 6) is 1.56. The van der Waals surface area contributed by atoms with Crippen LogP contribution < -0.4 is 4.90 Å². The zero-order chi connectivity index (χ0) is 17.6. The highest BCUT2D eigenvalue weighted by Gasteiger charge is 2.45. The van der Waals surface area contributed by atoms with Crippen molar-refractivity contribution in [2.75, 3.05) is 24.6 Å². The Hall–Kier alpha value is -2.41. The lowest BCUT2D eigenvalue weighted by Gasteiger charge is -2.22. The van der Waals surface area contributed by atoms with Gasteiger partial charge in [0.15, 0.2) is 0 Å². The third-order valence-electron chi connectivity index (χ3n) is 5.25. The van der Waals surface area contributed by atoms with E-state index in [9.17, 15) is 9.90 Å². The molecule has 0 spiro atoms. The highest BCUT2D eigenvalue weighted by atomic mass is 16.4. The zero-order valence-corrected chi connectivity index (χ0v) is 14.2. The predicted molar refractivity (Wildman–Crippen MR) is 91.8 cm³/mol. The molecule has 3 unspecified atom stereocenters. The number of fused-ring (bicyclic) bond motifs is 1. The number of aromatic carboxylic acids is 1. The number of rotatable bonds is 6. The highest BCUT2D eigenvalue weighted by Crippen LogP contribution is 2.46. The van der Waals surface area contributed by atoms with Crippen molar-refractivity contribution in [1.82, 2.24) is 14.8 Å². The molecule has 0 amide bonds. The van der Waals surface area contributed by atoms with Crippen LogP contribution in [0, 0.1) is 11.8 Å². The number of aliphatic hydroxyl groups is 1. The number of carboxylic acids is 1. The van der Waals surface area contributed by atoms with Crippen LogP contribution in [0.15, 0.2) is 24.5 Å². The normalized spacial score (nSPS) is 22.7. The molecule has 25 heavy (non-hydrogen) atoms. The molecule has 7 heteroatoms. The molecule has 1 saturated carbocycles. The van der Waals surface area contributed by atoms with Gasteiger partial charge < -0.3 is 15.1 Å². The fourth-order valence-corrected chi connectivity index (χ4v) is 3.64. The minimum absolute atomic E-state index is 0.0220. The molecule has 1 aliphatic carbocycles. The first-order valence-corrected chi connectivity index (χ1v) is 8.66. The number of carbonyl (C=O) groups is 1. The van der Waals surface area contributed by atoms with E-state index in [0.717, 1.165) is 42.0 Å². The van der Waals surface area contributed by atoms with Crippen LogP contribution in [0.1, 0.15) is 40.9 Å². The molecule has 2 N–H and O–H groups in total. The Kier molecular flexibility index (Phi) is 3.95. The van der Waals surface area contributed by atoms with E-state index in [1.807, 2.05) is 19.1 Å². The summed E-state index contributed by atoms with van der Waals surface area (Å²) in [5.41, 5.74) is 1.97. The molecule has 0 aromatic carbocycles. The van der Waals surface area contributed by atoms with Crippen molar-refractivity contribution >= 4 is 11.8 Å². The number of hydrogen-bond acceptors (Lipinski definition) is 5. The summed E-state index contributed by atoms with van der Waals surface area (Å²) in [7, 11) is 0. The molecule has 0 radical (unpaired) electrons. The van der Waals surface area contributed by atoms with E-state index >= 15 is 0 Å². The maximum atomic E-state index is 11.0. The van der Waals surface area contributed by atoms with Gasteiger partial charge in [-0.15, -0.1) is 0 Å². The average molecular weight is 342 g/mol. The van der Waals surface area contributed by atoms with Gasteiger partial charge in [-0.1, -0.05) is 13.0 Å². The minimum atomic E-state index is -0.990. The van der Waals surface area contributed by atoms with E-state index in [0.29, 0.717) is 6.54 Å². The fraction of sp³-hybridized carbons (Fsp3) is 0.500. The van der Waals surface area contributed by atoms with Gasteiger partial charge in [0, 0.05) is 25.2 Å². The van der Waals surface area contributed by atoms with Crippen LogP contribution in [-0.4, -0.2) is 50.6 Å². The SMILES string of the molecule is CC(CO)c1nc(N2CC3CC3C2)ccc1Cn1cc(C(=O)O)cn1.